The van der Waals surface area contributed by atoms with Crippen LogP contribution in [-0.4, -0.2) is 0 Å². The topological polar surface area (TPSA) is 0 Å². The van der Waals surface area contributed by atoms with Crippen molar-refractivity contribution in [1.29, 1.82) is 0 Å². The van der Waals surface area contributed by atoms with Crippen LogP contribution in [0.4, 0.5) is 0 Å². The molecule has 0 amide bonds. The lowest BCUT2D eigenvalue weighted by Gasteiger charge is -2.32. The van der Waals surface area contributed by atoms with Gasteiger partial charge >= 0.3 is 0 Å². The Bertz CT molecular complexity index is 3800. The van der Waals surface area contributed by atoms with Crippen LogP contribution in [0.15, 0.2) is 259 Å². The van der Waals surface area contributed by atoms with Gasteiger partial charge in [-0.1, -0.05) is 272 Å². The van der Waals surface area contributed by atoms with E-state index < -0.39 is 0 Å². The fraction of sp³-hybridized carbons (Fsp3) is 0.205. The van der Waals surface area contributed by atoms with Gasteiger partial charge in [-0.2, -0.15) is 0 Å². The molecule has 3 unspecified atom stereocenters. The Hall–Kier alpha value is -8.06. The summed E-state index contributed by atoms with van der Waals surface area (Å²) in [6.45, 7) is 28.7. The molecule has 388 valence electrons. The SMILES string of the molecule is C=C/C=C\C1=C(C(/C=C\C)=C/C2C(C)C3=C(CCC=C3)C2(C)C)C2C=CC=CC(=C2)C(c2ccc(-c3c(C)c(/C=C\C=C)c(-c4ccc(-c5c6c(c(C)c7ccccc57)CC=CC=C6)cc4)c4ccccc34)cc2)=C1C.CC. The van der Waals surface area contributed by atoms with Crippen molar-refractivity contribution in [1.82, 2.24) is 0 Å². The standard InChI is InChI=1S/C76H70.C2H6/c1-10-13-29-63-51(6)71(58-27-18-19-28-59(47-58)73(63)57(26-12-3)48-70-50(5)62-33-24-25-38-69(62)76(70,8)9)53-39-41-54(42-40-53)72-52(7)64(30-14-11-2)74(68-37-23-22-36-67(68)72)55-43-45-56(46-44-55)75-65-34-17-15-16-31-60(65)49(4)61-32-20-21-35-66(61)75;1-2/h10-24,26-30,32-37,39-48,50,59,70H,1-2,25,31,38H2,3-9H3;1-2H3/b26-12-,29-13-,30-14-,57-48+;. The maximum atomic E-state index is 4.15. The van der Waals surface area contributed by atoms with Gasteiger partial charge in [0.25, 0.3) is 0 Å². The first-order chi connectivity index (χ1) is 38.0. The van der Waals surface area contributed by atoms with Gasteiger partial charge in [0.15, 0.2) is 0 Å². The van der Waals surface area contributed by atoms with E-state index in [0.717, 1.165) is 19.3 Å². The number of benzene rings is 6. The minimum Gasteiger partial charge on any atom is -0.0991 e. The van der Waals surface area contributed by atoms with Gasteiger partial charge in [0.05, 0.1) is 0 Å². The predicted molar refractivity (Wildman–Crippen MR) is 343 cm³/mol. The van der Waals surface area contributed by atoms with Crippen molar-refractivity contribution in [3.8, 4) is 33.4 Å². The van der Waals surface area contributed by atoms with Gasteiger partial charge in [0.2, 0.25) is 0 Å². The summed E-state index contributed by atoms with van der Waals surface area (Å²) in [5, 5.41) is 5.08. The van der Waals surface area contributed by atoms with Gasteiger partial charge in [-0.15, -0.1) is 0 Å². The second-order valence-electron chi connectivity index (χ2n) is 21.9. The van der Waals surface area contributed by atoms with Gasteiger partial charge < -0.3 is 0 Å². The van der Waals surface area contributed by atoms with Crippen LogP contribution in [-0.2, 0) is 6.42 Å². The fourth-order valence-corrected chi connectivity index (χ4v) is 13.7. The molecule has 0 heterocycles. The molecule has 0 saturated heterocycles. The number of hydrogen-bond donors (Lipinski definition) is 0. The van der Waals surface area contributed by atoms with Crippen LogP contribution in [0.5, 0.6) is 0 Å². The number of aryl methyl sites for hydroxylation is 1. The molecule has 5 aliphatic rings. The third kappa shape index (κ3) is 9.51. The van der Waals surface area contributed by atoms with E-state index in [1.165, 1.54) is 122 Å². The lowest BCUT2D eigenvalue weighted by molar-refractivity contribution is 0.297. The Kier molecular flexibility index (Phi) is 15.6. The van der Waals surface area contributed by atoms with E-state index >= 15 is 0 Å². The van der Waals surface area contributed by atoms with Crippen LogP contribution >= 0.6 is 0 Å². The maximum absolute atomic E-state index is 4.15. The van der Waals surface area contributed by atoms with Crippen molar-refractivity contribution in [2.45, 2.75) is 81.6 Å². The molecule has 6 aromatic rings. The lowest BCUT2D eigenvalue weighted by Crippen LogP contribution is -2.24. The molecule has 0 aromatic heterocycles. The molecule has 2 bridgehead atoms. The summed E-state index contributed by atoms with van der Waals surface area (Å²) >= 11 is 0. The Labute approximate surface area is 466 Å². The summed E-state index contributed by atoms with van der Waals surface area (Å²) in [4.78, 5) is 0. The van der Waals surface area contributed by atoms with Gasteiger partial charge in [0, 0.05) is 5.92 Å². The number of hydrogen-bond acceptors (Lipinski definition) is 0. The second-order valence-corrected chi connectivity index (χ2v) is 21.9. The zero-order valence-corrected chi connectivity index (χ0v) is 47.6. The molecule has 3 atom stereocenters. The molecule has 0 spiro atoms. The van der Waals surface area contributed by atoms with Crippen LogP contribution in [0.25, 0.3) is 72.7 Å². The summed E-state index contributed by atoms with van der Waals surface area (Å²) in [6, 6.07) is 36.6. The summed E-state index contributed by atoms with van der Waals surface area (Å²) in [6.07, 6.45) is 48.4. The van der Waals surface area contributed by atoms with Crippen LogP contribution in [0.2, 0.25) is 0 Å². The first-order valence-electron chi connectivity index (χ1n) is 28.6. The Morgan fingerprint density at radius 3 is 1.91 bits per heavy atom. The van der Waals surface area contributed by atoms with E-state index in [-0.39, 0.29) is 11.3 Å². The Morgan fingerprint density at radius 1 is 0.641 bits per heavy atom. The van der Waals surface area contributed by atoms with E-state index in [2.05, 4.69) is 268 Å². The highest BCUT2D eigenvalue weighted by atomic mass is 14.5. The molecule has 78 heavy (non-hydrogen) atoms. The molecule has 0 saturated carbocycles. The van der Waals surface area contributed by atoms with Gasteiger partial charge in [-0.25, -0.2) is 0 Å². The van der Waals surface area contributed by atoms with E-state index in [1.54, 1.807) is 11.1 Å². The molecule has 11 rings (SSSR count). The highest BCUT2D eigenvalue weighted by molar-refractivity contribution is 6.10. The van der Waals surface area contributed by atoms with Crippen LogP contribution in [0, 0.1) is 37.0 Å². The molecule has 0 radical (unpaired) electrons. The minimum absolute atomic E-state index is 0.0698. The molecule has 0 fully saturated rings. The molecule has 0 N–H and O–H groups in total. The fourth-order valence-electron chi connectivity index (χ4n) is 13.7. The zero-order chi connectivity index (χ0) is 54.7. The molecule has 0 aliphatic heterocycles. The van der Waals surface area contributed by atoms with Crippen molar-refractivity contribution < 1.29 is 0 Å². The molecule has 0 nitrogen and oxygen atoms in total. The Balaban J connectivity index is 0.00000340. The first-order valence-corrected chi connectivity index (χ1v) is 28.6. The van der Waals surface area contributed by atoms with Crippen molar-refractivity contribution in [2.75, 3.05) is 0 Å². The number of fused-ring (bicyclic) bond motifs is 4. The van der Waals surface area contributed by atoms with Crippen LogP contribution in [0.1, 0.15) is 94.7 Å². The molecular formula is C78H76. The van der Waals surface area contributed by atoms with Gasteiger partial charge in [-0.3, -0.25) is 0 Å². The maximum Gasteiger partial charge on any atom is 0.0222 e. The predicted octanol–water partition coefficient (Wildman–Crippen LogP) is 21.9. The highest BCUT2D eigenvalue weighted by Crippen LogP contribution is 2.56. The summed E-state index contributed by atoms with van der Waals surface area (Å²) in [5.41, 5.74) is 26.0. The van der Waals surface area contributed by atoms with Gasteiger partial charge in [-0.05, 0) is 192 Å². The smallest absolute Gasteiger partial charge is 0.0222 e. The zero-order valence-electron chi connectivity index (χ0n) is 47.6. The molecule has 0 heteroatoms. The monoisotopic (exact) mass is 1010 g/mol. The number of rotatable bonds is 11. The number of allylic oxidation sites excluding steroid dienone is 26. The molecule has 5 aliphatic carbocycles. The van der Waals surface area contributed by atoms with E-state index in [0.29, 0.717) is 11.8 Å². The minimum atomic E-state index is 0.0698. The largest absolute Gasteiger partial charge is 0.0991 e. The van der Waals surface area contributed by atoms with Crippen molar-refractivity contribution in [3.63, 3.8) is 0 Å². The first kappa shape index (κ1) is 53.3. The van der Waals surface area contributed by atoms with E-state index in [1.807, 2.05) is 26.0 Å². The van der Waals surface area contributed by atoms with E-state index in [9.17, 15) is 0 Å². The average Bonchev–Trinajstić information content (AvgIpc) is 3.85. The third-order valence-corrected chi connectivity index (χ3v) is 17.3. The summed E-state index contributed by atoms with van der Waals surface area (Å²) in [5.74, 6) is 0.888. The van der Waals surface area contributed by atoms with Crippen LogP contribution in [0.3, 0.4) is 0 Å². The second kappa shape index (κ2) is 22.9. The normalized spacial score (nSPS) is 19.6. The molecule has 6 aromatic carbocycles. The Morgan fingerprint density at radius 2 is 1.24 bits per heavy atom. The summed E-state index contributed by atoms with van der Waals surface area (Å²) in [7, 11) is 0. The average molecular weight is 1010 g/mol. The lowest BCUT2D eigenvalue weighted by atomic mass is 9.72. The van der Waals surface area contributed by atoms with Crippen molar-refractivity contribution in [3.05, 3.63) is 292 Å². The van der Waals surface area contributed by atoms with Gasteiger partial charge in [0.1, 0.15) is 0 Å². The van der Waals surface area contributed by atoms with E-state index in [4.69, 9.17) is 0 Å². The quantitative estimate of drug-likeness (QED) is 0.113. The van der Waals surface area contributed by atoms with Crippen molar-refractivity contribution in [2.24, 2.45) is 23.2 Å². The third-order valence-electron chi connectivity index (χ3n) is 17.3. The highest BCUT2D eigenvalue weighted by Gasteiger charge is 2.44. The molecular weight excluding hydrogens is 937 g/mol. The van der Waals surface area contributed by atoms with Crippen LogP contribution < -0.4 is 0 Å². The van der Waals surface area contributed by atoms with Crippen molar-refractivity contribution >= 4 is 39.3 Å². The summed E-state index contributed by atoms with van der Waals surface area (Å²) < 4.78 is 0.